The molecule has 2 rings (SSSR count). The van der Waals surface area contributed by atoms with Crippen LogP contribution in [0.1, 0.15) is 6.42 Å². The molecule has 1 aromatic rings. The molecule has 82 valence electrons. The number of aliphatic hydroxyl groups excluding tert-OH is 2. The number of benzene rings is 1. The average molecular weight is 242 g/mol. The van der Waals surface area contributed by atoms with Crippen LogP contribution in [0.15, 0.2) is 35.2 Å². The summed E-state index contributed by atoms with van der Waals surface area (Å²) in [6.07, 6.45) is 0.399. The van der Waals surface area contributed by atoms with E-state index in [-0.39, 0.29) is 18.0 Å². The lowest BCUT2D eigenvalue weighted by atomic mass is 10.2. The quantitative estimate of drug-likeness (QED) is 0.850. The monoisotopic (exact) mass is 242 g/mol. The van der Waals surface area contributed by atoms with E-state index < -0.39 is 0 Å². The Bertz CT molecular complexity index is 305. The van der Waals surface area contributed by atoms with Crippen molar-refractivity contribution in [1.82, 2.24) is 0 Å². The summed E-state index contributed by atoms with van der Waals surface area (Å²) in [5.74, 6) is 0. The van der Waals surface area contributed by atoms with Crippen LogP contribution in [-0.2, 0) is 0 Å². The van der Waals surface area contributed by atoms with Crippen LogP contribution in [0.3, 0.4) is 0 Å². The zero-order chi connectivity index (χ0) is 10.7. The van der Waals surface area contributed by atoms with Gasteiger partial charge in [0.25, 0.3) is 0 Å². The molecule has 2 nitrogen and oxygen atoms in total. The normalized spacial score (nSPS) is 30.7. The van der Waals surface area contributed by atoms with Crippen molar-refractivity contribution in [2.75, 3.05) is 6.61 Å². The van der Waals surface area contributed by atoms with Gasteiger partial charge in [-0.2, -0.15) is 0 Å². The molecule has 3 atom stereocenters. The second-order valence-electron chi connectivity index (χ2n) is 3.52. The van der Waals surface area contributed by atoms with Gasteiger partial charge in [0.05, 0.1) is 22.5 Å². The second kappa shape index (κ2) is 5.25. The van der Waals surface area contributed by atoms with Gasteiger partial charge < -0.3 is 10.2 Å². The predicted molar refractivity (Wildman–Crippen MR) is 65.2 cm³/mol. The Morgan fingerprint density at radius 3 is 2.67 bits per heavy atom. The van der Waals surface area contributed by atoms with Gasteiger partial charge in [-0.25, -0.2) is 0 Å². The van der Waals surface area contributed by atoms with Gasteiger partial charge in [-0.3, -0.25) is 0 Å². The van der Waals surface area contributed by atoms with E-state index in [1.54, 1.807) is 23.5 Å². The van der Waals surface area contributed by atoms with Crippen molar-refractivity contribution in [3.63, 3.8) is 0 Å². The van der Waals surface area contributed by atoms with E-state index in [4.69, 9.17) is 5.11 Å². The smallest absolute Gasteiger partial charge is 0.0700 e. The first-order chi connectivity index (χ1) is 7.29. The predicted octanol–water partition coefficient (Wildman–Crippen LogP) is 1.96. The Balaban J connectivity index is 1.92. The van der Waals surface area contributed by atoms with Crippen LogP contribution >= 0.6 is 23.5 Å². The molecular weight excluding hydrogens is 228 g/mol. The standard InChI is InChI=1S/C11H14O2S2/c12-7-10-9(13)6-11(15-10)14-8-4-2-1-3-5-8/h1-5,9-13H,6-7H2. The van der Waals surface area contributed by atoms with Crippen molar-refractivity contribution in [3.05, 3.63) is 30.3 Å². The van der Waals surface area contributed by atoms with Crippen LogP contribution in [0, 0.1) is 0 Å². The van der Waals surface area contributed by atoms with E-state index in [2.05, 4.69) is 12.1 Å². The highest BCUT2D eigenvalue weighted by Crippen LogP contribution is 2.43. The van der Waals surface area contributed by atoms with Crippen LogP contribution in [0.2, 0.25) is 0 Å². The second-order valence-corrected chi connectivity index (χ2v) is 6.54. The van der Waals surface area contributed by atoms with Crippen molar-refractivity contribution >= 4 is 23.5 Å². The molecule has 2 N–H and O–H groups in total. The Labute approximate surface area is 98.1 Å². The summed E-state index contributed by atoms with van der Waals surface area (Å²) < 4.78 is 0.361. The van der Waals surface area contributed by atoms with Gasteiger partial charge in [0, 0.05) is 4.90 Å². The summed E-state index contributed by atoms with van der Waals surface area (Å²) in [6.45, 7) is 0.0671. The molecule has 1 aliphatic heterocycles. The highest BCUT2D eigenvalue weighted by molar-refractivity contribution is 8.17. The van der Waals surface area contributed by atoms with E-state index >= 15 is 0 Å². The molecule has 4 heteroatoms. The van der Waals surface area contributed by atoms with Gasteiger partial charge >= 0.3 is 0 Å². The van der Waals surface area contributed by atoms with E-state index in [1.807, 2.05) is 18.2 Å². The first kappa shape index (κ1) is 11.3. The molecule has 0 saturated carbocycles. The number of rotatable bonds is 3. The third kappa shape index (κ3) is 2.91. The molecule has 0 spiro atoms. The molecule has 1 aliphatic rings. The van der Waals surface area contributed by atoms with Gasteiger partial charge in [-0.1, -0.05) is 18.2 Å². The summed E-state index contributed by atoms with van der Waals surface area (Å²) in [5.41, 5.74) is 0. The number of aliphatic hydroxyl groups is 2. The molecule has 1 aromatic carbocycles. The Kier molecular flexibility index (Phi) is 3.97. The number of hydrogen-bond donors (Lipinski definition) is 2. The Morgan fingerprint density at radius 2 is 2.07 bits per heavy atom. The third-order valence-corrected chi connectivity index (χ3v) is 5.31. The molecular formula is C11H14O2S2. The molecule has 0 radical (unpaired) electrons. The molecule has 0 amide bonds. The molecule has 15 heavy (non-hydrogen) atoms. The van der Waals surface area contributed by atoms with Gasteiger partial charge in [-0.15, -0.1) is 23.5 Å². The van der Waals surface area contributed by atoms with E-state index in [9.17, 15) is 5.11 Å². The molecule has 0 bridgehead atoms. The SMILES string of the molecule is OCC1SC(Sc2ccccc2)CC1O. The summed E-state index contributed by atoms with van der Waals surface area (Å²) >= 11 is 3.44. The first-order valence-electron chi connectivity index (χ1n) is 4.95. The number of thioether (sulfide) groups is 2. The average Bonchev–Trinajstić information content (AvgIpc) is 2.60. The van der Waals surface area contributed by atoms with Crippen LogP contribution in [-0.4, -0.2) is 32.8 Å². The van der Waals surface area contributed by atoms with E-state index in [0.717, 1.165) is 6.42 Å². The third-order valence-electron chi connectivity index (χ3n) is 2.38. The van der Waals surface area contributed by atoms with Crippen molar-refractivity contribution in [2.45, 2.75) is 27.3 Å². The van der Waals surface area contributed by atoms with Gasteiger partial charge in [0.15, 0.2) is 0 Å². The zero-order valence-corrected chi connectivity index (χ0v) is 9.88. The van der Waals surface area contributed by atoms with Gasteiger partial charge in [-0.05, 0) is 18.6 Å². The lowest BCUT2D eigenvalue weighted by molar-refractivity contribution is 0.144. The minimum absolute atomic E-state index is 0.00814. The summed E-state index contributed by atoms with van der Waals surface area (Å²) in [4.78, 5) is 1.22. The maximum absolute atomic E-state index is 9.64. The minimum atomic E-state index is -0.360. The highest BCUT2D eigenvalue weighted by Gasteiger charge is 2.33. The van der Waals surface area contributed by atoms with Gasteiger partial charge in [0.2, 0.25) is 0 Å². The fourth-order valence-electron chi connectivity index (χ4n) is 1.58. The Hall–Kier alpha value is -0.160. The first-order valence-corrected chi connectivity index (χ1v) is 6.78. The largest absolute Gasteiger partial charge is 0.395 e. The van der Waals surface area contributed by atoms with Gasteiger partial charge in [0.1, 0.15) is 0 Å². The maximum Gasteiger partial charge on any atom is 0.0700 e. The Morgan fingerprint density at radius 1 is 1.33 bits per heavy atom. The molecule has 0 aromatic heterocycles. The van der Waals surface area contributed by atoms with Crippen LogP contribution < -0.4 is 0 Å². The van der Waals surface area contributed by atoms with Crippen LogP contribution in [0.25, 0.3) is 0 Å². The summed E-state index contributed by atoms with van der Waals surface area (Å²) in [5, 5.41) is 18.7. The molecule has 0 aliphatic carbocycles. The molecule has 1 fully saturated rings. The maximum atomic E-state index is 9.64. The van der Waals surface area contributed by atoms with E-state index in [0.29, 0.717) is 4.58 Å². The van der Waals surface area contributed by atoms with Crippen LogP contribution in [0.5, 0.6) is 0 Å². The van der Waals surface area contributed by atoms with Crippen molar-refractivity contribution < 1.29 is 10.2 Å². The van der Waals surface area contributed by atoms with Crippen molar-refractivity contribution in [2.24, 2.45) is 0 Å². The lowest BCUT2D eigenvalue weighted by Gasteiger charge is -2.09. The van der Waals surface area contributed by atoms with Crippen molar-refractivity contribution in [3.8, 4) is 0 Å². The van der Waals surface area contributed by atoms with Crippen LogP contribution in [0.4, 0.5) is 0 Å². The van der Waals surface area contributed by atoms with E-state index in [1.165, 1.54) is 4.90 Å². The zero-order valence-electron chi connectivity index (χ0n) is 8.24. The van der Waals surface area contributed by atoms with Crippen molar-refractivity contribution in [1.29, 1.82) is 0 Å². The minimum Gasteiger partial charge on any atom is -0.395 e. The lowest BCUT2D eigenvalue weighted by Crippen LogP contribution is -2.20. The molecule has 3 unspecified atom stereocenters. The summed E-state index contributed by atoms with van der Waals surface area (Å²) in [6, 6.07) is 10.2. The molecule has 1 saturated heterocycles. The highest BCUT2D eigenvalue weighted by atomic mass is 32.2. The fourth-order valence-corrected chi connectivity index (χ4v) is 4.55. The number of hydrogen-bond acceptors (Lipinski definition) is 4. The topological polar surface area (TPSA) is 40.5 Å². The fraction of sp³-hybridized carbons (Fsp3) is 0.455. The summed E-state index contributed by atoms with van der Waals surface area (Å²) in [7, 11) is 0. The molecule has 1 heterocycles.